The van der Waals surface area contributed by atoms with Crippen molar-refractivity contribution in [3.05, 3.63) is 33.8 Å². The quantitative estimate of drug-likeness (QED) is 0.605. The summed E-state index contributed by atoms with van der Waals surface area (Å²) in [6, 6.07) is 5.62. The van der Waals surface area contributed by atoms with Crippen LogP contribution in [0.2, 0.25) is 10.0 Å². The van der Waals surface area contributed by atoms with Crippen molar-refractivity contribution >= 4 is 23.2 Å². The van der Waals surface area contributed by atoms with Crippen LogP contribution in [0.25, 0.3) is 0 Å². The van der Waals surface area contributed by atoms with E-state index in [-0.39, 0.29) is 6.04 Å². The Morgan fingerprint density at radius 3 is 2.77 bits per heavy atom. The molecule has 1 rings (SSSR count). The molecule has 0 heterocycles. The molecule has 0 aliphatic rings. The molecule has 0 spiro atoms. The molecule has 0 bridgehead atoms. The minimum Gasteiger partial charge on any atom is -0.271 e. The van der Waals surface area contributed by atoms with Crippen molar-refractivity contribution in [2.24, 2.45) is 5.84 Å². The van der Waals surface area contributed by atoms with Crippen LogP contribution in [0.15, 0.2) is 18.2 Å². The fraction of sp³-hybridized carbons (Fsp3) is 0.333. The molecule has 3 N–H and O–H groups in total. The number of nitrogens with two attached hydrogens (primary N) is 1. The lowest BCUT2D eigenvalue weighted by Crippen LogP contribution is -2.34. The Kier molecular flexibility index (Phi) is 4.00. The first-order valence-corrected chi connectivity index (χ1v) is 4.79. The van der Waals surface area contributed by atoms with Gasteiger partial charge in [-0.15, -0.1) is 0 Å². The molecule has 0 aliphatic heterocycles. The van der Waals surface area contributed by atoms with E-state index in [1.54, 1.807) is 12.1 Å². The molecule has 2 nitrogen and oxygen atoms in total. The van der Waals surface area contributed by atoms with Crippen molar-refractivity contribution in [3.8, 4) is 0 Å². The van der Waals surface area contributed by atoms with Crippen molar-refractivity contribution in [3.63, 3.8) is 0 Å². The first-order valence-electron chi connectivity index (χ1n) is 4.03. The molecule has 0 saturated carbocycles. The highest BCUT2D eigenvalue weighted by molar-refractivity contribution is 6.33. The minimum atomic E-state index is 0.191. The second kappa shape index (κ2) is 4.82. The van der Waals surface area contributed by atoms with Crippen LogP contribution in [0.4, 0.5) is 0 Å². The highest BCUT2D eigenvalue weighted by atomic mass is 35.5. The van der Waals surface area contributed by atoms with Gasteiger partial charge in [-0.2, -0.15) is 0 Å². The Balaban J connectivity index is 2.81. The van der Waals surface area contributed by atoms with Gasteiger partial charge in [0.25, 0.3) is 0 Å². The number of hydrogen-bond acceptors (Lipinski definition) is 2. The lowest BCUT2D eigenvalue weighted by molar-refractivity contribution is 0.568. The Hall–Kier alpha value is -0.280. The molecule has 1 unspecified atom stereocenters. The maximum absolute atomic E-state index is 5.97. The molecule has 72 valence electrons. The third-order valence-electron chi connectivity index (χ3n) is 1.82. The van der Waals surface area contributed by atoms with Gasteiger partial charge in [-0.3, -0.25) is 11.3 Å². The van der Waals surface area contributed by atoms with E-state index < -0.39 is 0 Å². The molecule has 0 aromatic heterocycles. The summed E-state index contributed by atoms with van der Waals surface area (Å²) in [5.74, 6) is 5.28. The summed E-state index contributed by atoms with van der Waals surface area (Å²) in [5.41, 5.74) is 3.67. The van der Waals surface area contributed by atoms with E-state index in [4.69, 9.17) is 29.0 Å². The van der Waals surface area contributed by atoms with Gasteiger partial charge < -0.3 is 0 Å². The number of halogens is 2. The summed E-state index contributed by atoms with van der Waals surface area (Å²) in [6.45, 7) is 1.98. The summed E-state index contributed by atoms with van der Waals surface area (Å²) >= 11 is 11.8. The van der Waals surface area contributed by atoms with Crippen molar-refractivity contribution in [2.75, 3.05) is 0 Å². The second-order valence-electron chi connectivity index (χ2n) is 3.01. The zero-order valence-electron chi connectivity index (χ0n) is 7.35. The van der Waals surface area contributed by atoms with Crippen molar-refractivity contribution in [1.29, 1.82) is 0 Å². The van der Waals surface area contributed by atoms with E-state index in [2.05, 4.69) is 5.43 Å². The van der Waals surface area contributed by atoms with Crippen LogP contribution in [-0.2, 0) is 6.42 Å². The van der Waals surface area contributed by atoms with E-state index >= 15 is 0 Å². The monoisotopic (exact) mass is 218 g/mol. The normalized spacial score (nSPS) is 12.9. The maximum Gasteiger partial charge on any atom is 0.0439 e. The zero-order chi connectivity index (χ0) is 9.84. The average molecular weight is 219 g/mol. The summed E-state index contributed by atoms with van der Waals surface area (Å²) in [6.07, 6.45) is 0.774. The standard InChI is InChI=1S/C9H12Cl2N2/c1-6(13-12)4-7-5-8(10)2-3-9(7)11/h2-3,5-6,13H,4,12H2,1H3. The van der Waals surface area contributed by atoms with E-state index in [1.165, 1.54) is 0 Å². The molecular formula is C9H12Cl2N2. The lowest BCUT2D eigenvalue weighted by Gasteiger charge is -2.11. The van der Waals surface area contributed by atoms with Crippen molar-refractivity contribution in [2.45, 2.75) is 19.4 Å². The predicted molar refractivity (Wildman–Crippen MR) is 57.0 cm³/mol. The molecule has 1 aromatic rings. The smallest absolute Gasteiger partial charge is 0.0439 e. The molecule has 4 heteroatoms. The first-order chi connectivity index (χ1) is 6.13. The van der Waals surface area contributed by atoms with Crippen LogP contribution in [0.1, 0.15) is 12.5 Å². The summed E-state index contributed by atoms with van der Waals surface area (Å²) in [7, 11) is 0. The van der Waals surface area contributed by atoms with Gasteiger partial charge in [-0.1, -0.05) is 23.2 Å². The van der Waals surface area contributed by atoms with Crippen LogP contribution >= 0.6 is 23.2 Å². The first kappa shape index (κ1) is 10.8. The van der Waals surface area contributed by atoms with Crippen LogP contribution in [0, 0.1) is 0 Å². The Labute approximate surface area is 88.0 Å². The molecule has 1 aromatic carbocycles. The van der Waals surface area contributed by atoms with Gasteiger partial charge in [0.1, 0.15) is 0 Å². The second-order valence-corrected chi connectivity index (χ2v) is 3.85. The Bertz CT molecular complexity index is 289. The van der Waals surface area contributed by atoms with E-state index in [0.717, 1.165) is 17.0 Å². The summed E-state index contributed by atoms with van der Waals surface area (Å²) in [5, 5.41) is 1.43. The van der Waals surface area contributed by atoms with E-state index in [9.17, 15) is 0 Å². The van der Waals surface area contributed by atoms with E-state index in [0.29, 0.717) is 5.02 Å². The third-order valence-corrected chi connectivity index (χ3v) is 2.42. The van der Waals surface area contributed by atoms with Gasteiger partial charge in [-0.05, 0) is 37.1 Å². The van der Waals surface area contributed by atoms with Crippen LogP contribution in [0.5, 0.6) is 0 Å². The number of hydrazine groups is 1. The van der Waals surface area contributed by atoms with Gasteiger partial charge in [0.15, 0.2) is 0 Å². The maximum atomic E-state index is 5.97. The molecule has 0 amide bonds. The fourth-order valence-electron chi connectivity index (χ4n) is 1.09. The molecular weight excluding hydrogens is 207 g/mol. The largest absolute Gasteiger partial charge is 0.271 e. The van der Waals surface area contributed by atoms with Gasteiger partial charge >= 0.3 is 0 Å². The number of rotatable bonds is 3. The van der Waals surface area contributed by atoms with Gasteiger partial charge in [0, 0.05) is 16.1 Å². The highest BCUT2D eigenvalue weighted by Gasteiger charge is 2.05. The molecule has 0 aliphatic carbocycles. The summed E-state index contributed by atoms with van der Waals surface area (Å²) < 4.78 is 0. The summed E-state index contributed by atoms with van der Waals surface area (Å²) in [4.78, 5) is 0. The zero-order valence-corrected chi connectivity index (χ0v) is 8.86. The average Bonchev–Trinajstić information content (AvgIpc) is 2.11. The predicted octanol–water partition coefficient (Wildman–Crippen LogP) is 2.39. The Morgan fingerprint density at radius 1 is 1.46 bits per heavy atom. The molecule has 0 fully saturated rings. The highest BCUT2D eigenvalue weighted by Crippen LogP contribution is 2.21. The minimum absolute atomic E-state index is 0.191. The van der Waals surface area contributed by atoms with Crippen LogP contribution in [0.3, 0.4) is 0 Å². The molecule has 0 radical (unpaired) electrons. The van der Waals surface area contributed by atoms with Crippen LogP contribution in [-0.4, -0.2) is 6.04 Å². The van der Waals surface area contributed by atoms with Gasteiger partial charge in [0.05, 0.1) is 0 Å². The third kappa shape index (κ3) is 3.16. The number of nitrogens with one attached hydrogen (secondary N) is 1. The van der Waals surface area contributed by atoms with E-state index in [1.807, 2.05) is 13.0 Å². The van der Waals surface area contributed by atoms with Gasteiger partial charge in [-0.25, -0.2) is 0 Å². The fourth-order valence-corrected chi connectivity index (χ4v) is 1.48. The van der Waals surface area contributed by atoms with Crippen molar-refractivity contribution in [1.82, 2.24) is 5.43 Å². The molecule has 0 saturated heterocycles. The Morgan fingerprint density at radius 2 is 2.15 bits per heavy atom. The SMILES string of the molecule is CC(Cc1cc(Cl)ccc1Cl)NN. The van der Waals surface area contributed by atoms with Crippen molar-refractivity contribution < 1.29 is 0 Å². The number of hydrogen-bond donors (Lipinski definition) is 2. The molecule has 1 atom stereocenters. The van der Waals surface area contributed by atoms with Gasteiger partial charge in [0.2, 0.25) is 0 Å². The van der Waals surface area contributed by atoms with Crippen LogP contribution < -0.4 is 11.3 Å². The lowest BCUT2D eigenvalue weighted by atomic mass is 10.1. The topological polar surface area (TPSA) is 38.0 Å². The number of benzene rings is 1. The molecule has 13 heavy (non-hydrogen) atoms.